The summed E-state index contributed by atoms with van der Waals surface area (Å²) in [6.45, 7) is 13.3. The number of hydrogen-bond donors (Lipinski definition) is 1. The fourth-order valence-corrected chi connectivity index (χ4v) is 3.28. The molecule has 0 aliphatic rings. The van der Waals surface area contributed by atoms with Crippen molar-refractivity contribution in [3.63, 3.8) is 0 Å². The van der Waals surface area contributed by atoms with E-state index in [2.05, 4.69) is 20.0 Å². The van der Waals surface area contributed by atoms with E-state index >= 15 is 0 Å². The highest BCUT2D eigenvalue weighted by molar-refractivity contribution is 5.90. The quantitative estimate of drug-likeness (QED) is 0.221. The van der Waals surface area contributed by atoms with Crippen LogP contribution in [-0.4, -0.2) is 33.8 Å². The number of esters is 1. The zero-order valence-corrected chi connectivity index (χ0v) is 18.5. The van der Waals surface area contributed by atoms with Gasteiger partial charge in [-0.15, -0.1) is 0 Å². The van der Waals surface area contributed by atoms with Gasteiger partial charge in [-0.1, -0.05) is 5.16 Å². The van der Waals surface area contributed by atoms with Crippen LogP contribution in [0.15, 0.2) is 53.1 Å². The molecule has 0 aliphatic carbocycles. The molecule has 33 heavy (non-hydrogen) atoms. The average Bonchev–Trinajstić information content (AvgIpc) is 3.44. The van der Waals surface area contributed by atoms with Crippen LogP contribution in [0, 0.1) is 6.57 Å². The maximum atomic E-state index is 11.5. The van der Waals surface area contributed by atoms with E-state index in [-0.39, 0.29) is 12.1 Å². The second-order valence-electron chi connectivity index (χ2n) is 7.50. The summed E-state index contributed by atoms with van der Waals surface area (Å²) >= 11 is 0. The van der Waals surface area contributed by atoms with Crippen molar-refractivity contribution in [1.29, 1.82) is 0 Å². The predicted molar refractivity (Wildman–Crippen MR) is 125 cm³/mol. The highest BCUT2D eigenvalue weighted by Gasteiger charge is 2.14. The molecule has 0 spiro atoms. The van der Waals surface area contributed by atoms with E-state index in [9.17, 15) is 4.79 Å². The van der Waals surface area contributed by atoms with Crippen LogP contribution < -0.4 is 4.74 Å². The van der Waals surface area contributed by atoms with Gasteiger partial charge in [-0.25, -0.2) is 9.64 Å². The molecule has 2 heterocycles. The monoisotopic (exact) mass is 442 g/mol. The van der Waals surface area contributed by atoms with E-state index < -0.39 is 0 Å². The molecule has 8 heteroatoms. The summed E-state index contributed by atoms with van der Waals surface area (Å²) < 4.78 is 16.0. The minimum absolute atomic E-state index is 0.0316. The van der Waals surface area contributed by atoms with Crippen LogP contribution in [0.2, 0.25) is 0 Å². The van der Waals surface area contributed by atoms with E-state index in [1.54, 1.807) is 31.2 Å². The van der Waals surface area contributed by atoms with Gasteiger partial charge in [0.1, 0.15) is 5.75 Å². The van der Waals surface area contributed by atoms with Gasteiger partial charge >= 0.3 is 5.97 Å². The third-order valence-corrected chi connectivity index (χ3v) is 4.70. The lowest BCUT2D eigenvalue weighted by molar-refractivity contribution is -0.137. The topological polar surface area (TPSA) is 94.6 Å². The van der Waals surface area contributed by atoms with E-state index in [4.69, 9.17) is 20.6 Å². The Hall–Kier alpha value is -4.38. The number of benzene rings is 2. The Labute approximate surface area is 190 Å². The molecule has 0 fully saturated rings. The molecule has 4 rings (SSSR count). The van der Waals surface area contributed by atoms with Crippen molar-refractivity contribution in [2.24, 2.45) is 0 Å². The predicted octanol–water partition coefficient (Wildman–Crippen LogP) is 5.80. The molecule has 0 saturated heterocycles. The molecule has 0 radical (unpaired) electrons. The minimum atomic E-state index is -0.388. The molecular formula is C25H22N4O4. The fourth-order valence-electron chi connectivity index (χ4n) is 3.28. The number of nitrogens with zero attached hydrogens (tertiary/aromatic N) is 3. The summed E-state index contributed by atoms with van der Waals surface area (Å²) in [6.07, 6.45) is 3.03. The maximum Gasteiger partial charge on any atom is 0.330 e. The number of fused-ring (bicyclic) bond motifs is 1. The number of carbonyl (C=O) groups is 1. The second-order valence-corrected chi connectivity index (χ2v) is 7.50. The number of rotatable bonds is 7. The third kappa shape index (κ3) is 4.93. The lowest BCUT2D eigenvalue weighted by Gasteiger charge is -2.11. The zero-order valence-electron chi connectivity index (χ0n) is 18.5. The SMILES string of the molecule is [C-]#[N+]c1cc(-c2nc(-c3ccc4[nH]c(/C=C/C(=O)OCC)cc4c3)no2)ccc1OC(C)C. The van der Waals surface area contributed by atoms with E-state index in [1.165, 1.54) is 6.08 Å². The molecule has 8 nitrogen and oxygen atoms in total. The van der Waals surface area contributed by atoms with Crippen LogP contribution in [-0.2, 0) is 9.53 Å². The van der Waals surface area contributed by atoms with Gasteiger partial charge in [0.2, 0.25) is 11.5 Å². The van der Waals surface area contributed by atoms with Gasteiger partial charge in [0.25, 0.3) is 5.89 Å². The normalized spacial score (nSPS) is 11.2. The molecule has 0 amide bonds. The number of aromatic amines is 1. The van der Waals surface area contributed by atoms with E-state index in [0.717, 1.165) is 22.2 Å². The number of aromatic nitrogens is 3. The van der Waals surface area contributed by atoms with Crippen molar-refractivity contribution in [2.75, 3.05) is 6.61 Å². The van der Waals surface area contributed by atoms with Gasteiger partial charge in [0.05, 0.1) is 19.3 Å². The van der Waals surface area contributed by atoms with Gasteiger partial charge < -0.3 is 19.0 Å². The first-order chi connectivity index (χ1) is 16.0. The first-order valence-electron chi connectivity index (χ1n) is 10.5. The molecule has 4 aromatic rings. The Bertz CT molecular complexity index is 1370. The first-order valence-corrected chi connectivity index (χ1v) is 10.5. The molecule has 166 valence electrons. The molecule has 0 bridgehead atoms. The summed E-state index contributed by atoms with van der Waals surface area (Å²) in [7, 11) is 0. The molecule has 1 N–H and O–H groups in total. The van der Waals surface area contributed by atoms with Gasteiger partial charge in [-0.3, -0.25) is 0 Å². The standard InChI is InChI=1S/C25H22N4O4/c1-5-31-23(30)11-8-19-13-18-12-16(6-9-20(18)27-19)24-28-25(33-29-24)17-7-10-22(32-15(2)3)21(14-17)26-4/h6-15,27H,5H2,1-3H3/b11-8+. The van der Waals surface area contributed by atoms with Gasteiger partial charge in [0, 0.05) is 33.8 Å². The summed E-state index contributed by atoms with van der Waals surface area (Å²) in [5.41, 5.74) is 3.50. The maximum absolute atomic E-state index is 11.5. The van der Waals surface area contributed by atoms with Crippen LogP contribution in [0.4, 0.5) is 5.69 Å². The van der Waals surface area contributed by atoms with Crippen molar-refractivity contribution in [2.45, 2.75) is 26.9 Å². The van der Waals surface area contributed by atoms with Crippen LogP contribution >= 0.6 is 0 Å². The number of H-pyrrole nitrogens is 1. The van der Waals surface area contributed by atoms with Crippen LogP contribution in [0.3, 0.4) is 0 Å². The van der Waals surface area contributed by atoms with Crippen LogP contribution in [0.25, 0.3) is 44.7 Å². The summed E-state index contributed by atoms with van der Waals surface area (Å²) in [5.74, 6) is 0.886. The van der Waals surface area contributed by atoms with E-state index in [0.29, 0.717) is 35.3 Å². The van der Waals surface area contributed by atoms with Crippen molar-refractivity contribution >= 4 is 28.6 Å². The molecule has 0 atom stereocenters. The van der Waals surface area contributed by atoms with Crippen molar-refractivity contribution in [3.05, 3.63) is 65.7 Å². The second kappa shape index (κ2) is 9.40. The fraction of sp³-hybridized carbons (Fsp3) is 0.200. The molecule has 0 unspecified atom stereocenters. The highest BCUT2D eigenvalue weighted by atomic mass is 16.5. The Morgan fingerprint density at radius 2 is 2.03 bits per heavy atom. The lowest BCUT2D eigenvalue weighted by atomic mass is 10.1. The first kappa shape index (κ1) is 21.8. The highest BCUT2D eigenvalue weighted by Crippen LogP contribution is 2.34. The zero-order chi connectivity index (χ0) is 23.4. The Kier molecular flexibility index (Phi) is 6.22. The number of carbonyl (C=O) groups excluding carboxylic acids is 1. The van der Waals surface area contributed by atoms with Gasteiger partial charge in [-0.2, -0.15) is 4.98 Å². The summed E-state index contributed by atoms with van der Waals surface area (Å²) in [6, 6.07) is 12.9. The largest absolute Gasteiger partial charge is 0.502 e. The Balaban J connectivity index is 1.59. The average molecular weight is 442 g/mol. The lowest BCUT2D eigenvalue weighted by Crippen LogP contribution is -2.05. The minimum Gasteiger partial charge on any atom is -0.502 e. The van der Waals surface area contributed by atoms with Crippen molar-refractivity contribution in [1.82, 2.24) is 15.1 Å². The number of ether oxygens (including phenoxy) is 2. The molecule has 0 aliphatic heterocycles. The summed E-state index contributed by atoms with van der Waals surface area (Å²) in [5, 5.41) is 5.04. The van der Waals surface area contributed by atoms with E-state index in [1.807, 2.05) is 38.1 Å². The molecule has 0 saturated carbocycles. The van der Waals surface area contributed by atoms with Crippen molar-refractivity contribution < 1.29 is 18.8 Å². The van der Waals surface area contributed by atoms with Crippen LogP contribution in [0.5, 0.6) is 5.75 Å². The van der Waals surface area contributed by atoms with Crippen LogP contribution in [0.1, 0.15) is 26.5 Å². The molecular weight excluding hydrogens is 420 g/mol. The smallest absolute Gasteiger partial charge is 0.330 e. The van der Waals surface area contributed by atoms with Crippen molar-refractivity contribution in [3.8, 4) is 28.6 Å². The number of nitrogens with one attached hydrogen (secondary N) is 1. The third-order valence-electron chi connectivity index (χ3n) is 4.70. The molecule has 2 aromatic carbocycles. The Morgan fingerprint density at radius 3 is 2.79 bits per heavy atom. The van der Waals surface area contributed by atoms with Gasteiger partial charge in [-0.05, 0) is 69.3 Å². The number of hydrogen-bond acceptors (Lipinski definition) is 6. The van der Waals surface area contributed by atoms with Gasteiger partial charge in [0.15, 0.2) is 0 Å². The Morgan fingerprint density at radius 1 is 1.21 bits per heavy atom. The molecule has 2 aromatic heterocycles. The summed E-state index contributed by atoms with van der Waals surface area (Å²) in [4.78, 5) is 22.8.